The lowest BCUT2D eigenvalue weighted by Crippen LogP contribution is -2.40. The second-order valence-corrected chi connectivity index (χ2v) is 10.4. The van der Waals surface area contributed by atoms with Crippen LogP contribution in [0.15, 0.2) is 84.9 Å². The maximum atomic E-state index is 14.1. The molecular formula is C34H34FN3O5. The van der Waals surface area contributed by atoms with Crippen molar-refractivity contribution in [3.8, 4) is 17.2 Å². The number of nitrogens with zero attached hydrogens (tertiary/aromatic N) is 2. The Balaban J connectivity index is 1.46. The topological polar surface area (TPSA) is 91.3 Å². The lowest BCUT2D eigenvalue weighted by molar-refractivity contribution is -0.117. The number of carbonyl (C=O) groups excluding carboxylic acids is 1. The van der Waals surface area contributed by atoms with Gasteiger partial charge in [-0.15, -0.1) is 0 Å². The molecule has 0 radical (unpaired) electrons. The Bertz CT molecular complexity index is 1590. The van der Waals surface area contributed by atoms with Crippen LogP contribution in [-0.2, 0) is 11.2 Å². The fraction of sp³-hybridized carbons (Fsp3) is 0.235. The van der Waals surface area contributed by atoms with Gasteiger partial charge in [0.15, 0.2) is 0 Å². The summed E-state index contributed by atoms with van der Waals surface area (Å²) in [5, 5.41) is 11.1. The summed E-state index contributed by atoms with van der Waals surface area (Å²) >= 11 is 0. The first kappa shape index (κ1) is 29.4. The number of piperidine rings is 1. The average molecular weight is 584 g/mol. The summed E-state index contributed by atoms with van der Waals surface area (Å²) in [4.78, 5) is 28.0. The number of hydrogen-bond acceptors (Lipinski definition) is 6. The molecule has 0 atom stereocenters. The first-order valence-electron chi connectivity index (χ1n) is 14.2. The fourth-order valence-electron chi connectivity index (χ4n) is 5.21. The van der Waals surface area contributed by atoms with E-state index in [0.29, 0.717) is 22.7 Å². The number of halogens is 1. The van der Waals surface area contributed by atoms with Crippen molar-refractivity contribution in [2.45, 2.75) is 32.6 Å². The highest BCUT2D eigenvalue weighted by atomic mass is 19.1. The fourth-order valence-corrected chi connectivity index (χ4v) is 5.21. The van der Waals surface area contributed by atoms with E-state index in [9.17, 15) is 19.1 Å². The molecule has 4 aromatic carbocycles. The van der Waals surface area contributed by atoms with Crippen molar-refractivity contribution in [3.05, 3.63) is 107 Å². The molecule has 4 aromatic rings. The van der Waals surface area contributed by atoms with E-state index in [1.165, 1.54) is 31.7 Å². The third-order valence-corrected chi connectivity index (χ3v) is 7.38. The largest absolute Gasteiger partial charge is 0.496 e. The molecule has 1 fully saturated rings. The van der Waals surface area contributed by atoms with Gasteiger partial charge in [0, 0.05) is 13.1 Å². The molecule has 222 valence electrons. The summed E-state index contributed by atoms with van der Waals surface area (Å²) in [7, 11) is 1.41. The van der Waals surface area contributed by atoms with Gasteiger partial charge in [-0.25, -0.2) is 14.2 Å². The standard InChI is InChI=1S/C34H34FN3O5/c1-23-7-6-8-30(37-19-4-3-5-20-37)33(23)38(32(39)22-24-9-18-29(34(40)41)31(21-24)42-2)36-26-12-16-28(17-13-26)43-27-14-10-25(35)11-15-27/h6-18,21,36H,3-5,19-20,22H2,1-2H3,(H,40,41). The predicted molar refractivity (Wildman–Crippen MR) is 165 cm³/mol. The molecule has 0 aromatic heterocycles. The normalized spacial score (nSPS) is 12.9. The zero-order chi connectivity index (χ0) is 30.3. The lowest BCUT2D eigenvalue weighted by atomic mass is 10.0. The van der Waals surface area contributed by atoms with Crippen molar-refractivity contribution in [2.24, 2.45) is 0 Å². The van der Waals surface area contributed by atoms with E-state index < -0.39 is 5.97 Å². The van der Waals surface area contributed by atoms with Gasteiger partial charge in [0.2, 0.25) is 5.91 Å². The molecule has 1 aliphatic heterocycles. The van der Waals surface area contributed by atoms with Gasteiger partial charge in [-0.1, -0.05) is 18.2 Å². The predicted octanol–water partition coefficient (Wildman–Crippen LogP) is 7.23. The van der Waals surface area contributed by atoms with Crippen molar-refractivity contribution < 1.29 is 28.6 Å². The Labute approximate surface area is 250 Å². The molecule has 9 heteroatoms. The molecule has 0 aliphatic carbocycles. The van der Waals surface area contributed by atoms with Crippen LogP contribution in [0, 0.1) is 12.7 Å². The summed E-state index contributed by atoms with van der Waals surface area (Å²) in [6.07, 6.45) is 3.35. The number of hydrazine groups is 1. The van der Waals surface area contributed by atoms with E-state index in [2.05, 4.69) is 10.3 Å². The lowest BCUT2D eigenvalue weighted by Gasteiger charge is -2.35. The van der Waals surface area contributed by atoms with Gasteiger partial charge in [0.05, 0.1) is 30.6 Å². The molecule has 0 spiro atoms. The molecule has 43 heavy (non-hydrogen) atoms. The van der Waals surface area contributed by atoms with Crippen molar-refractivity contribution in [3.63, 3.8) is 0 Å². The highest BCUT2D eigenvalue weighted by Crippen LogP contribution is 2.36. The first-order chi connectivity index (χ1) is 20.8. The number of carbonyl (C=O) groups is 2. The van der Waals surface area contributed by atoms with E-state index in [1.807, 2.05) is 37.3 Å². The summed E-state index contributed by atoms with van der Waals surface area (Å²) in [5.41, 5.74) is 7.29. The smallest absolute Gasteiger partial charge is 0.339 e. The van der Waals surface area contributed by atoms with Crippen LogP contribution >= 0.6 is 0 Å². The number of rotatable bonds is 10. The molecule has 5 rings (SSSR count). The minimum absolute atomic E-state index is 0.00277. The Morgan fingerprint density at radius 2 is 1.60 bits per heavy atom. The third-order valence-electron chi connectivity index (χ3n) is 7.38. The van der Waals surface area contributed by atoms with E-state index in [0.717, 1.165) is 42.9 Å². The molecule has 1 heterocycles. The van der Waals surface area contributed by atoms with Crippen LogP contribution in [0.4, 0.5) is 21.5 Å². The number of carboxylic acid groups (broad SMARTS) is 1. The molecule has 0 saturated carbocycles. The third kappa shape index (κ3) is 7.06. The molecule has 1 aliphatic rings. The number of anilines is 3. The number of amides is 1. The minimum Gasteiger partial charge on any atom is -0.496 e. The van der Waals surface area contributed by atoms with Crippen LogP contribution in [0.25, 0.3) is 0 Å². The Morgan fingerprint density at radius 3 is 2.26 bits per heavy atom. The van der Waals surface area contributed by atoms with Crippen LogP contribution < -0.4 is 24.8 Å². The molecular weight excluding hydrogens is 549 g/mol. The highest BCUT2D eigenvalue weighted by molar-refractivity contribution is 6.01. The summed E-state index contributed by atoms with van der Waals surface area (Å²) in [6.45, 7) is 3.79. The van der Waals surface area contributed by atoms with Crippen LogP contribution in [0.3, 0.4) is 0 Å². The van der Waals surface area contributed by atoms with Crippen molar-refractivity contribution in [1.82, 2.24) is 0 Å². The Hall–Kier alpha value is -5.05. The summed E-state index contributed by atoms with van der Waals surface area (Å²) < 4.78 is 24.4. The van der Waals surface area contributed by atoms with E-state index in [1.54, 1.807) is 41.4 Å². The van der Waals surface area contributed by atoms with Gasteiger partial charge in [-0.05, 0) is 104 Å². The number of nitrogens with one attached hydrogen (secondary N) is 1. The Kier molecular flexibility index (Phi) is 9.10. The number of hydrogen-bond donors (Lipinski definition) is 2. The maximum Gasteiger partial charge on any atom is 0.339 e. The Morgan fingerprint density at radius 1 is 0.930 bits per heavy atom. The van der Waals surface area contributed by atoms with E-state index >= 15 is 0 Å². The summed E-state index contributed by atoms with van der Waals surface area (Å²) in [5.74, 6) is -0.410. The molecule has 0 bridgehead atoms. The number of aryl methyl sites for hydroxylation is 1. The number of ether oxygens (including phenoxy) is 2. The molecule has 0 unspecified atom stereocenters. The zero-order valence-corrected chi connectivity index (χ0v) is 24.2. The van der Waals surface area contributed by atoms with Gasteiger partial charge in [-0.3, -0.25) is 10.2 Å². The number of aromatic carboxylic acids is 1. The second kappa shape index (κ2) is 13.3. The number of benzene rings is 4. The zero-order valence-electron chi connectivity index (χ0n) is 24.2. The monoisotopic (exact) mass is 583 g/mol. The molecule has 1 saturated heterocycles. The van der Waals surface area contributed by atoms with Gasteiger partial charge in [0.1, 0.15) is 28.6 Å². The SMILES string of the molecule is COc1cc(CC(=O)N(Nc2ccc(Oc3ccc(F)cc3)cc2)c2c(C)cccc2N2CCCCC2)ccc1C(=O)O. The highest BCUT2D eigenvalue weighted by Gasteiger charge is 2.25. The van der Waals surface area contributed by atoms with E-state index in [-0.39, 0.29) is 29.5 Å². The van der Waals surface area contributed by atoms with Crippen LogP contribution in [-0.4, -0.2) is 37.2 Å². The van der Waals surface area contributed by atoms with Gasteiger partial charge < -0.3 is 19.5 Å². The van der Waals surface area contributed by atoms with Crippen molar-refractivity contribution in [1.29, 1.82) is 0 Å². The molecule has 2 N–H and O–H groups in total. The van der Waals surface area contributed by atoms with Gasteiger partial charge in [-0.2, -0.15) is 0 Å². The first-order valence-corrected chi connectivity index (χ1v) is 14.2. The number of para-hydroxylation sites is 1. The average Bonchev–Trinajstić information content (AvgIpc) is 3.02. The van der Waals surface area contributed by atoms with E-state index in [4.69, 9.17) is 9.47 Å². The maximum absolute atomic E-state index is 14.1. The van der Waals surface area contributed by atoms with Crippen molar-refractivity contribution in [2.75, 3.05) is 35.5 Å². The quantitative estimate of drug-likeness (QED) is 0.190. The van der Waals surface area contributed by atoms with Crippen LogP contribution in [0.5, 0.6) is 17.2 Å². The molecule has 1 amide bonds. The summed E-state index contributed by atoms with van der Waals surface area (Å²) in [6, 6.07) is 23.6. The number of methoxy groups -OCH3 is 1. The van der Waals surface area contributed by atoms with Crippen LogP contribution in [0.2, 0.25) is 0 Å². The minimum atomic E-state index is -1.10. The van der Waals surface area contributed by atoms with Crippen LogP contribution in [0.1, 0.15) is 40.7 Å². The number of carboxylic acids is 1. The second-order valence-electron chi connectivity index (χ2n) is 10.4. The van der Waals surface area contributed by atoms with Gasteiger partial charge in [0.25, 0.3) is 0 Å². The van der Waals surface area contributed by atoms with Crippen molar-refractivity contribution >= 4 is 28.9 Å². The molecule has 8 nitrogen and oxygen atoms in total. The van der Waals surface area contributed by atoms with Gasteiger partial charge >= 0.3 is 5.97 Å².